The van der Waals surface area contributed by atoms with E-state index in [0.717, 1.165) is 0 Å². The second-order valence-electron chi connectivity index (χ2n) is 3.17. The summed E-state index contributed by atoms with van der Waals surface area (Å²) in [5, 5.41) is 1.71. The third-order valence-electron chi connectivity index (χ3n) is 1.79. The van der Waals surface area contributed by atoms with Gasteiger partial charge in [0.2, 0.25) is 5.91 Å². The highest BCUT2D eigenvalue weighted by molar-refractivity contribution is 7.98. The lowest BCUT2D eigenvalue weighted by atomic mass is 10.2. The standard InChI is InChI=1S/C8H14F4N2OS/c1-16-3-2-5(13)6(15)14-4-8(11,12)7(9)10/h5,7H,2-4,13H2,1H3,(H,14,15)/t5-/m1/s1. The van der Waals surface area contributed by atoms with Gasteiger partial charge in [-0.25, -0.2) is 8.78 Å². The minimum Gasteiger partial charge on any atom is -0.348 e. The van der Waals surface area contributed by atoms with Gasteiger partial charge in [-0.3, -0.25) is 4.79 Å². The van der Waals surface area contributed by atoms with E-state index >= 15 is 0 Å². The number of halogens is 4. The van der Waals surface area contributed by atoms with E-state index in [1.165, 1.54) is 11.8 Å². The molecule has 1 atom stereocenters. The Morgan fingerprint density at radius 2 is 2.06 bits per heavy atom. The predicted octanol–water partition coefficient (Wildman–Crippen LogP) is 1.08. The van der Waals surface area contributed by atoms with Crippen LogP contribution in [0.1, 0.15) is 6.42 Å². The van der Waals surface area contributed by atoms with Crippen LogP contribution in [0.5, 0.6) is 0 Å². The maximum absolute atomic E-state index is 12.4. The molecule has 0 aromatic heterocycles. The number of hydrogen-bond acceptors (Lipinski definition) is 3. The fourth-order valence-electron chi connectivity index (χ4n) is 0.789. The van der Waals surface area contributed by atoms with Crippen molar-refractivity contribution in [3.05, 3.63) is 0 Å². The molecule has 0 fully saturated rings. The molecule has 0 aliphatic rings. The third-order valence-corrected chi connectivity index (χ3v) is 2.43. The first-order chi connectivity index (χ1) is 7.31. The molecule has 0 heterocycles. The molecule has 0 radical (unpaired) electrons. The highest BCUT2D eigenvalue weighted by Crippen LogP contribution is 2.21. The second-order valence-corrected chi connectivity index (χ2v) is 4.15. The Hall–Kier alpha value is -0.500. The van der Waals surface area contributed by atoms with Gasteiger partial charge in [-0.05, 0) is 18.4 Å². The molecule has 0 saturated carbocycles. The molecule has 1 amide bonds. The fraction of sp³-hybridized carbons (Fsp3) is 0.875. The number of rotatable bonds is 7. The molecule has 0 rings (SSSR count). The van der Waals surface area contributed by atoms with Gasteiger partial charge >= 0.3 is 12.3 Å². The number of hydrogen-bond donors (Lipinski definition) is 2. The number of carbonyl (C=O) groups excluding carboxylic acids is 1. The highest BCUT2D eigenvalue weighted by Gasteiger charge is 2.41. The van der Waals surface area contributed by atoms with Crippen LogP contribution in [-0.2, 0) is 4.79 Å². The van der Waals surface area contributed by atoms with Crippen molar-refractivity contribution < 1.29 is 22.4 Å². The van der Waals surface area contributed by atoms with E-state index in [4.69, 9.17) is 5.73 Å². The number of nitrogens with two attached hydrogens (primary N) is 1. The lowest BCUT2D eigenvalue weighted by Gasteiger charge is -2.17. The van der Waals surface area contributed by atoms with Crippen molar-refractivity contribution in [1.82, 2.24) is 5.32 Å². The number of alkyl halides is 4. The smallest absolute Gasteiger partial charge is 0.324 e. The van der Waals surface area contributed by atoms with Gasteiger partial charge < -0.3 is 11.1 Å². The molecular weight excluding hydrogens is 248 g/mol. The third kappa shape index (κ3) is 5.55. The second kappa shape index (κ2) is 6.95. The summed E-state index contributed by atoms with van der Waals surface area (Å²) in [5.41, 5.74) is 5.35. The molecule has 0 aliphatic carbocycles. The average molecular weight is 262 g/mol. The zero-order chi connectivity index (χ0) is 12.8. The van der Waals surface area contributed by atoms with Gasteiger partial charge in [0.25, 0.3) is 0 Å². The Balaban J connectivity index is 3.97. The van der Waals surface area contributed by atoms with Crippen molar-refractivity contribution >= 4 is 17.7 Å². The van der Waals surface area contributed by atoms with Crippen molar-refractivity contribution in [3.63, 3.8) is 0 Å². The maximum Gasteiger partial charge on any atom is 0.324 e. The van der Waals surface area contributed by atoms with Gasteiger partial charge in [-0.2, -0.15) is 20.5 Å². The lowest BCUT2D eigenvalue weighted by Crippen LogP contribution is -2.47. The van der Waals surface area contributed by atoms with E-state index in [0.29, 0.717) is 12.2 Å². The summed E-state index contributed by atoms with van der Waals surface area (Å²) in [5.74, 6) is -4.45. The van der Waals surface area contributed by atoms with Crippen molar-refractivity contribution in [3.8, 4) is 0 Å². The number of nitrogens with one attached hydrogen (secondary N) is 1. The zero-order valence-electron chi connectivity index (χ0n) is 8.68. The van der Waals surface area contributed by atoms with Crippen molar-refractivity contribution in [1.29, 1.82) is 0 Å². The first-order valence-electron chi connectivity index (χ1n) is 4.49. The summed E-state index contributed by atoms with van der Waals surface area (Å²) in [6.45, 7) is -1.39. The molecule has 0 aromatic carbocycles. The van der Waals surface area contributed by atoms with E-state index in [2.05, 4.69) is 0 Å². The van der Waals surface area contributed by atoms with Crippen molar-refractivity contribution in [2.75, 3.05) is 18.6 Å². The summed E-state index contributed by atoms with van der Waals surface area (Å²) in [4.78, 5) is 11.1. The highest BCUT2D eigenvalue weighted by atomic mass is 32.2. The first-order valence-corrected chi connectivity index (χ1v) is 5.89. The van der Waals surface area contributed by atoms with Crippen LogP contribution in [0, 0.1) is 0 Å². The quantitative estimate of drug-likeness (QED) is 0.675. The molecule has 8 heteroatoms. The van der Waals surface area contributed by atoms with E-state index in [-0.39, 0.29) is 0 Å². The van der Waals surface area contributed by atoms with E-state index in [1.54, 1.807) is 11.6 Å². The molecule has 16 heavy (non-hydrogen) atoms. The van der Waals surface area contributed by atoms with Crippen LogP contribution < -0.4 is 11.1 Å². The Morgan fingerprint density at radius 3 is 2.50 bits per heavy atom. The molecule has 0 aliphatic heterocycles. The lowest BCUT2D eigenvalue weighted by molar-refractivity contribution is -0.137. The summed E-state index contributed by atoms with van der Waals surface area (Å²) >= 11 is 1.45. The topological polar surface area (TPSA) is 55.1 Å². The number of thioether (sulfide) groups is 1. The van der Waals surface area contributed by atoms with Gasteiger partial charge in [-0.15, -0.1) is 0 Å². The Kier molecular flexibility index (Phi) is 6.73. The van der Waals surface area contributed by atoms with Gasteiger partial charge in [-0.1, -0.05) is 0 Å². The molecule has 0 aromatic rings. The van der Waals surface area contributed by atoms with Crippen LogP contribution in [-0.4, -0.2) is 42.9 Å². The van der Waals surface area contributed by atoms with Gasteiger partial charge in [0.15, 0.2) is 0 Å². The molecular formula is C8H14F4N2OS. The van der Waals surface area contributed by atoms with Gasteiger partial charge in [0, 0.05) is 0 Å². The molecule has 0 unspecified atom stereocenters. The fourth-order valence-corrected chi connectivity index (χ4v) is 1.28. The summed E-state index contributed by atoms with van der Waals surface area (Å²) < 4.78 is 48.3. The zero-order valence-corrected chi connectivity index (χ0v) is 9.50. The molecule has 0 bridgehead atoms. The van der Waals surface area contributed by atoms with Crippen LogP contribution >= 0.6 is 11.8 Å². The Bertz CT molecular complexity index is 228. The van der Waals surface area contributed by atoms with Crippen LogP contribution in [0.3, 0.4) is 0 Å². The van der Waals surface area contributed by atoms with Gasteiger partial charge in [0.05, 0.1) is 12.6 Å². The average Bonchev–Trinajstić information content (AvgIpc) is 2.22. The van der Waals surface area contributed by atoms with E-state index in [9.17, 15) is 22.4 Å². The van der Waals surface area contributed by atoms with Crippen LogP contribution in [0.15, 0.2) is 0 Å². The Morgan fingerprint density at radius 1 is 1.50 bits per heavy atom. The number of amides is 1. The van der Waals surface area contributed by atoms with Crippen molar-refractivity contribution in [2.24, 2.45) is 5.73 Å². The molecule has 3 nitrogen and oxygen atoms in total. The summed E-state index contributed by atoms with van der Waals surface area (Å²) in [7, 11) is 0. The minimum absolute atomic E-state index is 0.313. The molecule has 96 valence electrons. The first kappa shape index (κ1) is 15.5. The Labute approximate surface area is 95.1 Å². The molecule has 3 N–H and O–H groups in total. The van der Waals surface area contributed by atoms with Gasteiger partial charge in [0.1, 0.15) is 0 Å². The monoisotopic (exact) mass is 262 g/mol. The minimum atomic E-state index is -4.21. The van der Waals surface area contributed by atoms with E-state index < -0.39 is 30.8 Å². The maximum atomic E-state index is 12.4. The molecule has 0 saturated heterocycles. The SMILES string of the molecule is CSCC[C@@H](N)C(=O)NCC(F)(F)C(F)F. The van der Waals surface area contributed by atoms with Crippen molar-refractivity contribution in [2.45, 2.75) is 24.8 Å². The summed E-state index contributed by atoms with van der Waals surface area (Å²) in [6.07, 6.45) is -1.68. The van der Waals surface area contributed by atoms with Crippen LogP contribution in [0.4, 0.5) is 17.6 Å². The summed E-state index contributed by atoms with van der Waals surface area (Å²) in [6, 6.07) is -0.944. The van der Waals surface area contributed by atoms with E-state index in [1.807, 2.05) is 0 Å². The number of carbonyl (C=O) groups is 1. The molecule has 0 spiro atoms. The van der Waals surface area contributed by atoms with Crippen LogP contribution in [0.2, 0.25) is 0 Å². The van der Waals surface area contributed by atoms with Crippen LogP contribution in [0.25, 0.3) is 0 Å². The predicted molar refractivity (Wildman–Crippen MR) is 54.9 cm³/mol. The normalized spacial score (nSPS) is 13.9. The largest absolute Gasteiger partial charge is 0.348 e.